The van der Waals surface area contributed by atoms with Crippen LogP contribution in [0.15, 0.2) is 71.7 Å². The number of aromatic nitrogens is 1. The largest absolute Gasteiger partial charge is 0.494 e. The monoisotopic (exact) mass is 520 g/mol. The summed E-state index contributed by atoms with van der Waals surface area (Å²) in [6.45, 7) is 2.19. The molecule has 1 N–H and O–H groups in total. The highest BCUT2D eigenvalue weighted by Gasteiger charge is 2.20. The zero-order valence-corrected chi connectivity index (χ0v) is 21.3. The minimum atomic E-state index is -0.482. The van der Waals surface area contributed by atoms with E-state index < -0.39 is 11.2 Å². The lowest BCUT2D eigenvalue weighted by atomic mass is 10.0. The second kappa shape index (κ2) is 11.2. The maximum Gasteiger partial charge on any atom is 0.244 e. The van der Waals surface area contributed by atoms with E-state index in [0.717, 1.165) is 0 Å². The Kier molecular flexibility index (Phi) is 7.79. The number of hydrogen-bond donors (Lipinski definition) is 1. The van der Waals surface area contributed by atoms with Crippen molar-refractivity contribution in [1.29, 1.82) is 0 Å². The number of nitrogens with one attached hydrogen (secondary N) is 1. The second-order valence-corrected chi connectivity index (χ2v) is 8.50. The number of hydrogen-bond acceptors (Lipinski definition) is 6. The number of carbonyl (C=O) groups excluding carboxylic acids is 2. The minimum absolute atomic E-state index is 0.0804. The fraction of sp³-hybridized carbons (Fsp3) is 0.179. The molecule has 8 nitrogen and oxygen atoms in total. The Morgan fingerprint density at radius 3 is 2.22 bits per heavy atom. The summed E-state index contributed by atoms with van der Waals surface area (Å²) in [4.78, 5) is 39.8. The Labute approximate surface area is 218 Å². The quantitative estimate of drug-likeness (QED) is 0.314. The number of pyridine rings is 1. The Balaban J connectivity index is 1.79. The lowest BCUT2D eigenvalue weighted by Crippen LogP contribution is -2.24. The van der Waals surface area contributed by atoms with Crippen molar-refractivity contribution in [2.45, 2.75) is 13.5 Å². The molecular formula is C28H25ClN2O6. The number of rotatable bonds is 9. The number of methoxy groups -OCH3 is 2. The Morgan fingerprint density at radius 1 is 0.946 bits per heavy atom. The summed E-state index contributed by atoms with van der Waals surface area (Å²) in [5.41, 5.74) is 0.728. The van der Waals surface area contributed by atoms with Crippen molar-refractivity contribution < 1.29 is 23.8 Å². The molecular weight excluding hydrogens is 496 g/mol. The highest BCUT2D eigenvalue weighted by atomic mass is 35.5. The first kappa shape index (κ1) is 25.8. The van der Waals surface area contributed by atoms with Gasteiger partial charge in [-0.3, -0.25) is 14.4 Å². The molecule has 4 rings (SSSR count). The van der Waals surface area contributed by atoms with E-state index in [1.165, 1.54) is 26.5 Å². The van der Waals surface area contributed by atoms with E-state index in [1.807, 2.05) is 6.92 Å². The second-order valence-electron chi connectivity index (χ2n) is 8.07. The van der Waals surface area contributed by atoms with E-state index in [1.54, 1.807) is 59.2 Å². The number of ketones is 1. The molecule has 0 fully saturated rings. The van der Waals surface area contributed by atoms with Gasteiger partial charge in [0.05, 0.1) is 37.3 Å². The molecule has 1 amide bonds. The van der Waals surface area contributed by atoms with E-state index in [2.05, 4.69) is 5.32 Å². The molecule has 1 heterocycles. The first-order valence-corrected chi connectivity index (χ1v) is 11.8. The number of nitrogens with zero attached hydrogens (tertiary/aromatic N) is 1. The van der Waals surface area contributed by atoms with Crippen LogP contribution in [-0.4, -0.2) is 37.1 Å². The molecule has 1 aromatic heterocycles. The van der Waals surface area contributed by atoms with Gasteiger partial charge in [0.25, 0.3) is 0 Å². The molecule has 0 spiro atoms. The first-order chi connectivity index (χ1) is 17.8. The van der Waals surface area contributed by atoms with Crippen LogP contribution in [-0.2, 0) is 11.3 Å². The van der Waals surface area contributed by atoms with Crippen LogP contribution in [0.4, 0.5) is 5.69 Å². The molecule has 0 aliphatic carbocycles. The standard InChI is InChI=1S/C28H25ClN2O6/c1-4-37-20-11-5-17(6-12-20)27(33)22-15-31(16-26(32)30-19-9-7-18(29)8-10-19)23-14-25(36-3)24(35-2)13-21(23)28(22)34/h5-15H,4,16H2,1-3H3,(H,30,32). The summed E-state index contributed by atoms with van der Waals surface area (Å²) in [6.07, 6.45) is 1.40. The summed E-state index contributed by atoms with van der Waals surface area (Å²) in [5, 5.41) is 3.56. The van der Waals surface area contributed by atoms with Crippen LogP contribution in [0.25, 0.3) is 10.9 Å². The number of anilines is 1. The fourth-order valence-corrected chi connectivity index (χ4v) is 4.05. The van der Waals surface area contributed by atoms with Crippen LogP contribution in [0.1, 0.15) is 22.8 Å². The summed E-state index contributed by atoms with van der Waals surface area (Å²) < 4.78 is 17.8. The topological polar surface area (TPSA) is 95.9 Å². The minimum Gasteiger partial charge on any atom is -0.494 e. The molecule has 3 aromatic carbocycles. The number of benzene rings is 3. The predicted octanol–water partition coefficient (Wildman–Crippen LogP) is 4.94. The molecule has 0 aliphatic rings. The van der Waals surface area contributed by atoms with Crippen LogP contribution in [0.5, 0.6) is 17.2 Å². The molecule has 0 bridgehead atoms. The van der Waals surface area contributed by atoms with Crippen molar-refractivity contribution in [3.8, 4) is 17.2 Å². The van der Waals surface area contributed by atoms with Crippen molar-refractivity contribution in [3.63, 3.8) is 0 Å². The van der Waals surface area contributed by atoms with Gasteiger partial charge in [-0.05, 0) is 61.5 Å². The zero-order valence-electron chi connectivity index (χ0n) is 20.5. The number of amides is 1. The van der Waals surface area contributed by atoms with Crippen molar-refractivity contribution in [2.24, 2.45) is 0 Å². The third kappa shape index (κ3) is 5.59. The van der Waals surface area contributed by atoms with Crippen LogP contribution in [0, 0.1) is 0 Å². The van der Waals surface area contributed by atoms with Gasteiger partial charge in [0, 0.05) is 28.5 Å². The molecule has 0 radical (unpaired) electrons. The maximum absolute atomic E-state index is 13.5. The van der Waals surface area contributed by atoms with Crippen LogP contribution < -0.4 is 25.0 Å². The maximum atomic E-state index is 13.5. The summed E-state index contributed by atoms with van der Waals surface area (Å²) >= 11 is 5.93. The van der Waals surface area contributed by atoms with E-state index in [4.69, 9.17) is 25.8 Å². The number of halogens is 1. The molecule has 190 valence electrons. The van der Waals surface area contributed by atoms with Crippen molar-refractivity contribution in [3.05, 3.63) is 93.2 Å². The summed E-state index contributed by atoms with van der Waals surface area (Å²) in [5.74, 6) is 0.491. The Bertz CT molecular complexity index is 1510. The van der Waals surface area contributed by atoms with E-state index in [-0.39, 0.29) is 23.4 Å². The van der Waals surface area contributed by atoms with Gasteiger partial charge in [-0.1, -0.05) is 11.6 Å². The molecule has 4 aromatic rings. The predicted molar refractivity (Wildman–Crippen MR) is 142 cm³/mol. The highest BCUT2D eigenvalue weighted by Crippen LogP contribution is 2.31. The van der Waals surface area contributed by atoms with Gasteiger partial charge in [-0.2, -0.15) is 0 Å². The Morgan fingerprint density at radius 2 is 1.59 bits per heavy atom. The van der Waals surface area contributed by atoms with E-state index in [0.29, 0.717) is 45.6 Å². The molecule has 0 saturated heterocycles. The van der Waals surface area contributed by atoms with Crippen molar-refractivity contribution >= 4 is 39.9 Å². The van der Waals surface area contributed by atoms with Gasteiger partial charge >= 0.3 is 0 Å². The van der Waals surface area contributed by atoms with Gasteiger partial charge in [0.1, 0.15) is 12.3 Å². The van der Waals surface area contributed by atoms with E-state index in [9.17, 15) is 14.4 Å². The molecule has 37 heavy (non-hydrogen) atoms. The molecule has 0 saturated carbocycles. The first-order valence-electron chi connectivity index (χ1n) is 11.5. The number of carbonyl (C=O) groups is 2. The van der Waals surface area contributed by atoms with Gasteiger partial charge in [-0.25, -0.2) is 0 Å². The molecule has 0 unspecified atom stereocenters. The molecule has 0 aliphatic heterocycles. The highest BCUT2D eigenvalue weighted by molar-refractivity contribution is 6.30. The average Bonchev–Trinajstić information content (AvgIpc) is 2.91. The lowest BCUT2D eigenvalue weighted by Gasteiger charge is -2.16. The fourth-order valence-electron chi connectivity index (χ4n) is 3.92. The van der Waals surface area contributed by atoms with Gasteiger partial charge in [0.15, 0.2) is 17.3 Å². The number of ether oxygens (including phenoxy) is 3. The third-order valence-corrected chi connectivity index (χ3v) is 5.95. The van der Waals surface area contributed by atoms with Gasteiger partial charge in [0.2, 0.25) is 11.3 Å². The Hall–Kier alpha value is -4.30. The zero-order chi connectivity index (χ0) is 26.5. The lowest BCUT2D eigenvalue weighted by molar-refractivity contribution is -0.116. The van der Waals surface area contributed by atoms with Gasteiger partial charge in [-0.15, -0.1) is 0 Å². The molecule has 9 heteroatoms. The van der Waals surface area contributed by atoms with Crippen molar-refractivity contribution in [1.82, 2.24) is 4.57 Å². The normalized spacial score (nSPS) is 10.7. The van der Waals surface area contributed by atoms with Crippen LogP contribution in [0.2, 0.25) is 5.02 Å². The van der Waals surface area contributed by atoms with Crippen LogP contribution in [0.3, 0.4) is 0 Å². The smallest absolute Gasteiger partial charge is 0.244 e. The van der Waals surface area contributed by atoms with Crippen LogP contribution >= 0.6 is 11.6 Å². The molecule has 0 atom stereocenters. The third-order valence-electron chi connectivity index (χ3n) is 5.70. The number of fused-ring (bicyclic) bond motifs is 1. The SMILES string of the molecule is CCOc1ccc(C(=O)c2cn(CC(=O)Nc3ccc(Cl)cc3)c3cc(OC)c(OC)cc3c2=O)cc1. The average molecular weight is 521 g/mol. The van der Waals surface area contributed by atoms with E-state index >= 15 is 0 Å². The summed E-state index contributed by atoms with van der Waals surface area (Å²) in [7, 11) is 2.93. The van der Waals surface area contributed by atoms with Crippen molar-refractivity contribution in [2.75, 3.05) is 26.1 Å². The van der Waals surface area contributed by atoms with Gasteiger partial charge < -0.3 is 24.1 Å². The summed E-state index contributed by atoms with van der Waals surface area (Å²) in [6, 6.07) is 16.3.